The lowest BCUT2D eigenvalue weighted by Gasteiger charge is -2.26. The van der Waals surface area contributed by atoms with E-state index < -0.39 is 0 Å². The number of hydrogen-bond donors (Lipinski definition) is 0. The summed E-state index contributed by atoms with van der Waals surface area (Å²) in [4.78, 5) is 23.8. The van der Waals surface area contributed by atoms with Crippen molar-refractivity contribution in [1.82, 2.24) is 0 Å². The molecule has 0 atom stereocenters. The molecular formula is C31H38O4. The van der Waals surface area contributed by atoms with Gasteiger partial charge in [0.2, 0.25) is 0 Å². The maximum absolute atomic E-state index is 12.0. The van der Waals surface area contributed by atoms with Crippen molar-refractivity contribution in [2.75, 3.05) is 0 Å². The lowest BCUT2D eigenvalue weighted by atomic mass is 9.80. The van der Waals surface area contributed by atoms with Gasteiger partial charge < -0.3 is 9.47 Å². The molecular weight excluding hydrogens is 436 g/mol. The van der Waals surface area contributed by atoms with E-state index in [1.807, 2.05) is 60.7 Å². The average molecular weight is 475 g/mol. The molecule has 0 unspecified atom stereocenters. The van der Waals surface area contributed by atoms with Crippen molar-refractivity contribution in [2.24, 2.45) is 17.3 Å². The van der Waals surface area contributed by atoms with Gasteiger partial charge in [-0.1, -0.05) is 72.8 Å². The summed E-state index contributed by atoms with van der Waals surface area (Å²) in [7, 11) is 0. The van der Waals surface area contributed by atoms with E-state index in [9.17, 15) is 9.59 Å². The van der Waals surface area contributed by atoms with E-state index in [2.05, 4.69) is 6.58 Å². The standard InChI is InChI=1S/C16H20O2.C15H18O2/c17-15(18-12-13-4-2-1-3-5-13)14-6-8-16(9-7-14)10-11-16;1-12-7-9-14(10-8-12)15(16)17-11-13-5-3-2-4-6-13/h1-5,14H,6-12H2;2-6,14H,1,7-11H2. The summed E-state index contributed by atoms with van der Waals surface area (Å²) in [6.07, 6.45) is 11.0. The van der Waals surface area contributed by atoms with Crippen molar-refractivity contribution in [1.29, 1.82) is 0 Å². The Morgan fingerprint density at radius 3 is 1.54 bits per heavy atom. The van der Waals surface area contributed by atoms with Gasteiger partial charge in [-0.25, -0.2) is 0 Å². The maximum Gasteiger partial charge on any atom is 0.309 e. The van der Waals surface area contributed by atoms with Crippen LogP contribution in [0.2, 0.25) is 0 Å². The van der Waals surface area contributed by atoms with Gasteiger partial charge in [0.1, 0.15) is 13.2 Å². The minimum absolute atomic E-state index is 0.00866. The Morgan fingerprint density at radius 1 is 0.686 bits per heavy atom. The zero-order chi connectivity index (χ0) is 24.5. The Morgan fingerprint density at radius 2 is 1.11 bits per heavy atom. The highest BCUT2D eigenvalue weighted by atomic mass is 16.5. The monoisotopic (exact) mass is 474 g/mol. The lowest BCUT2D eigenvalue weighted by Crippen LogP contribution is -2.24. The predicted octanol–water partition coefficient (Wildman–Crippen LogP) is 7.18. The number of esters is 2. The molecule has 4 nitrogen and oxygen atoms in total. The SMILES string of the molecule is C=C1CCC(C(=O)OCc2ccccc2)CC1.O=C(OCc1ccccc1)C1CCC2(CC1)CC2. The van der Waals surface area contributed by atoms with E-state index in [-0.39, 0.29) is 23.8 Å². The molecule has 1 spiro atoms. The molecule has 186 valence electrons. The molecule has 0 saturated heterocycles. The Labute approximate surface area is 209 Å². The molecule has 3 aliphatic rings. The first-order valence-electron chi connectivity index (χ1n) is 13.1. The van der Waals surface area contributed by atoms with Crippen LogP contribution in [0.15, 0.2) is 72.8 Å². The number of carbonyl (C=O) groups is 2. The molecule has 2 aromatic carbocycles. The van der Waals surface area contributed by atoms with Crippen LogP contribution in [0.1, 0.15) is 75.3 Å². The highest BCUT2D eigenvalue weighted by molar-refractivity contribution is 5.73. The van der Waals surface area contributed by atoms with Gasteiger partial charge in [-0.15, -0.1) is 0 Å². The van der Waals surface area contributed by atoms with Crippen LogP contribution < -0.4 is 0 Å². The summed E-state index contributed by atoms with van der Waals surface area (Å²) in [5.74, 6) is 0.180. The van der Waals surface area contributed by atoms with Crippen molar-refractivity contribution in [3.63, 3.8) is 0 Å². The minimum atomic E-state index is -0.0543. The summed E-state index contributed by atoms with van der Waals surface area (Å²) in [6, 6.07) is 19.7. The molecule has 0 amide bonds. The van der Waals surface area contributed by atoms with Gasteiger partial charge in [0.25, 0.3) is 0 Å². The quantitative estimate of drug-likeness (QED) is 0.329. The highest BCUT2D eigenvalue weighted by Gasteiger charge is 2.46. The van der Waals surface area contributed by atoms with Crippen LogP contribution >= 0.6 is 0 Å². The van der Waals surface area contributed by atoms with Gasteiger partial charge in [0.05, 0.1) is 11.8 Å². The highest BCUT2D eigenvalue weighted by Crippen LogP contribution is 2.57. The van der Waals surface area contributed by atoms with E-state index in [0.717, 1.165) is 49.7 Å². The predicted molar refractivity (Wildman–Crippen MR) is 137 cm³/mol. The van der Waals surface area contributed by atoms with Crippen molar-refractivity contribution in [3.05, 3.63) is 83.9 Å². The summed E-state index contributed by atoms with van der Waals surface area (Å²) in [5.41, 5.74) is 4.02. The second kappa shape index (κ2) is 12.2. The molecule has 35 heavy (non-hydrogen) atoms. The number of rotatable bonds is 6. The molecule has 4 heteroatoms. The average Bonchev–Trinajstić information content (AvgIpc) is 3.67. The van der Waals surface area contributed by atoms with E-state index >= 15 is 0 Å². The van der Waals surface area contributed by atoms with Gasteiger partial charge in [-0.05, 0) is 80.8 Å². The first-order valence-corrected chi connectivity index (χ1v) is 13.1. The lowest BCUT2D eigenvalue weighted by molar-refractivity contribution is -0.152. The van der Waals surface area contributed by atoms with Gasteiger partial charge in [0.15, 0.2) is 0 Å². The maximum atomic E-state index is 12.0. The molecule has 3 fully saturated rings. The van der Waals surface area contributed by atoms with Crippen LogP contribution in [-0.2, 0) is 32.3 Å². The summed E-state index contributed by atoms with van der Waals surface area (Å²) < 4.78 is 10.8. The number of allylic oxidation sites excluding steroid dienone is 1. The molecule has 3 aliphatic carbocycles. The molecule has 0 bridgehead atoms. The van der Waals surface area contributed by atoms with Crippen LogP contribution in [0.3, 0.4) is 0 Å². The van der Waals surface area contributed by atoms with Crippen LogP contribution in [0.25, 0.3) is 0 Å². The third kappa shape index (κ3) is 7.81. The van der Waals surface area contributed by atoms with E-state index in [1.165, 1.54) is 31.3 Å². The van der Waals surface area contributed by atoms with E-state index in [4.69, 9.17) is 9.47 Å². The smallest absolute Gasteiger partial charge is 0.309 e. The van der Waals surface area contributed by atoms with Crippen LogP contribution in [-0.4, -0.2) is 11.9 Å². The third-order valence-electron chi connectivity index (χ3n) is 7.81. The molecule has 2 aromatic rings. The Hall–Kier alpha value is -2.88. The second-order valence-corrected chi connectivity index (χ2v) is 10.5. The normalized spacial score (nSPS) is 19.4. The van der Waals surface area contributed by atoms with Gasteiger partial charge >= 0.3 is 11.9 Å². The Bertz CT molecular complexity index is 958. The minimum Gasteiger partial charge on any atom is -0.461 e. The molecule has 0 N–H and O–H groups in total. The molecule has 0 aromatic heterocycles. The van der Waals surface area contributed by atoms with Crippen molar-refractivity contribution in [2.45, 2.75) is 77.4 Å². The summed E-state index contributed by atoms with van der Waals surface area (Å²) in [6.45, 7) is 4.75. The fraction of sp³-hybridized carbons (Fsp3) is 0.484. The number of carbonyl (C=O) groups excluding carboxylic acids is 2. The van der Waals surface area contributed by atoms with Crippen molar-refractivity contribution >= 4 is 11.9 Å². The van der Waals surface area contributed by atoms with Crippen LogP contribution in [0, 0.1) is 17.3 Å². The topological polar surface area (TPSA) is 52.6 Å². The van der Waals surface area contributed by atoms with E-state index in [1.54, 1.807) is 0 Å². The summed E-state index contributed by atoms with van der Waals surface area (Å²) >= 11 is 0. The van der Waals surface area contributed by atoms with Crippen LogP contribution in [0.4, 0.5) is 0 Å². The molecule has 0 radical (unpaired) electrons. The van der Waals surface area contributed by atoms with Crippen LogP contribution in [0.5, 0.6) is 0 Å². The largest absolute Gasteiger partial charge is 0.461 e. The molecule has 0 heterocycles. The third-order valence-corrected chi connectivity index (χ3v) is 7.81. The van der Waals surface area contributed by atoms with Gasteiger partial charge in [-0.2, -0.15) is 0 Å². The molecule has 5 rings (SSSR count). The zero-order valence-electron chi connectivity index (χ0n) is 20.8. The number of ether oxygens (including phenoxy) is 2. The van der Waals surface area contributed by atoms with Crippen molar-refractivity contribution < 1.29 is 19.1 Å². The van der Waals surface area contributed by atoms with Gasteiger partial charge in [0, 0.05) is 0 Å². The van der Waals surface area contributed by atoms with Crippen molar-refractivity contribution in [3.8, 4) is 0 Å². The summed E-state index contributed by atoms with van der Waals surface area (Å²) in [5, 5.41) is 0. The van der Waals surface area contributed by atoms with E-state index in [0.29, 0.717) is 18.6 Å². The zero-order valence-corrected chi connectivity index (χ0v) is 20.8. The fourth-order valence-corrected chi connectivity index (χ4v) is 5.10. The Balaban J connectivity index is 0.000000165. The fourth-order valence-electron chi connectivity index (χ4n) is 5.10. The van der Waals surface area contributed by atoms with Gasteiger partial charge in [-0.3, -0.25) is 9.59 Å². The Kier molecular flexibility index (Phi) is 8.79. The molecule has 3 saturated carbocycles. The first kappa shape index (κ1) is 25.2. The number of benzene rings is 2. The second-order valence-electron chi connectivity index (χ2n) is 10.5. The first-order chi connectivity index (χ1) is 17.0. The molecule has 0 aliphatic heterocycles. The number of hydrogen-bond acceptors (Lipinski definition) is 4.